The Hall–Kier alpha value is -2.74. The number of nitrogens with one attached hydrogen (secondary N) is 2. The summed E-state index contributed by atoms with van der Waals surface area (Å²) < 4.78 is 3.23. The SMILES string of the molecule is CC(Sc1nccn1C)C(=O)Nc1cc(=O)n(-c2ccccc2)[nH]1. The molecule has 0 aliphatic heterocycles. The van der Waals surface area contributed by atoms with E-state index in [1.54, 1.807) is 13.1 Å². The van der Waals surface area contributed by atoms with Gasteiger partial charge in [0, 0.05) is 25.5 Å². The summed E-state index contributed by atoms with van der Waals surface area (Å²) in [4.78, 5) is 28.5. The van der Waals surface area contributed by atoms with Crippen LogP contribution in [-0.2, 0) is 11.8 Å². The molecule has 2 heterocycles. The van der Waals surface area contributed by atoms with Gasteiger partial charge in [0.1, 0.15) is 5.82 Å². The van der Waals surface area contributed by atoms with Crippen molar-refractivity contribution in [1.82, 2.24) is 19.3 Å². The Morgan fingerprint density at radius 2 is 2.08 bits per heavy atom. The molecule has 0 saturated carbocycles. The average Bonchev–Trinajstić information content (AvgIpc) is 3.14. The lowest BCUT2D eigenvalue weighted by Gasteiger charge is -2.10. The van der Waals surface area contributed by atoms with Crippen molar-refractivity contribution in [3.8, 4) is 5.69 Å². The summed E-state index contributed by atoms with van der Waals surface area (Å²) in [6.07, 6.45) is 3.51. The Kier molecular flexibility index (Phi) is 4.57. The lowest BCUT2D eigenvalue weighted by molar-refractivity contribution is -0.115. The minimum Gasteiger partial charge on any atom is -0.329 e. The van der Waals surface area contributed by atoms with Gasteiger partial charge in [-0.2, -0.15) is 0 Å². The number of para-hydroxylation sites is 1. The van der Waals surface area contributed by atoms with E-state index in [0.29, 0.717) is 11.5 Å². The molecule has 0 spiro atoms. The molecule has 1 unspecified atom stereocenters. The number of nitrogens with zero attached hydrogens (tertiary/aromatic N) is 3. The number of thioether (sulfide) groups is 1. The average molecular weight is 343 g/mol. The number of benzene rings is 1. The van der Waals surface area contributed by atoms with Crippen LogP contribution in [0.3, 0.4) is 0 Å². The van der Waals surface area contributed by atoms with Crippen molar-refractivity contribution in [2.75, 3.05) is 5.32 Å². The number of H-pyrrole nitrogens is 1. The van der Waals surface area contributed by atoms with Crippen LogP contribution in [0.1, 0.15) is 6.92 Å². The number of hydrogen-bond donors (Lipinski definition) is 2. The highest BCUT2D eigenvalue weighted by molar-refractivity contribution is 8.00. The second kappa shape index (κ2) is 6.79. The van der Waals surface area contributed by atoms with Crippen LogP contribution in [0.4, 0.5) is 5.82 Å². The minimum absolute atomic E-state index is 0.204. The fourth-order valence-electron chi connectivity index (χ4n) is 2.14. The summed E-state index contributed by atoms with van der Waals surface area (Å²) in [5.41, 5.74) is 0.472. The highest BCUT2D eigenvalue weighted by Crippen LogP contribution is 2.21. The van der Waals surface area contributed by atoms with Crippen molar-refractivity contribution in [3.63, 3.8) is 0 Å². The highest BCUT2D eigenvalue weighted by Gasteiger charge is 2.18. The van der Waals surface area contributed by atoms with Gasteiger partial charge in [-0.1, -0.05) is 30.0 Å². The van der Waals surface area contributed by atoms with E-state index in [1.807, 2.05) is 48.1 Å². The number of carbonyl (C=O) groups excluding carboxylic acids is 1. The highest BCUT2D eigenvalue weighted by atomic mass is 32.2. The number of aromatic nitrogens is 4. The van der Waals surface area contributed by atoms with Gasteiger partial charge in [-0.05, 0) is 19.1 Å². The van der Waals surface area contributed by atoms with E-state index in [0.717, 1.165) is 5.16 Å². The first kappa shape index (κ1) is 16.1. The third-order valence-corrected chi connectivity index (χ3v) is 4.59. The third-order valence-electron chi connectivity index (χ3n) is 3.42. The first-order chi connectivity index (χ1) is 11.5. The van der Waals surface area contributed by atoms with Crippen molar-refractivity contribution in [2.24, 2.45) is 7.05 Å². The summed E-state index contributed by atoms with van der Waals surface area (Å²) >= 11 is 1.35. The van der Waals surface area contributed by atoms with Crippen LogP contribution in [0.25, 0.3) is 5.69 Å². The van der Waals surface area contributed by atoms with Crippen molar-refractivity contribution in [3.05, 3.63) is 59.1 Å². The van der Waals surface area contributed by atoms with Crippen LogP contribution in [-0.4, -0.2) is 30.5 Å². The molecular weight excluding hydrogens is 326 g/mol. The molecule has 1 atom stereocenters. The maximum atomic E-state index is 12.3. The van der Waals surface area contributed by atoms with E-state index in [1.165, 1.54) is 22.5 Å². The van der Waals surface area contributed by atoms with Gasteiger partial charge in [-0.3, -0.25) is 14.7 Å². The van der Waals surface area contributed by atoms with Gasteiger partial charge >= 0.3 is 0 Å². The topological polar surface area (TPSA) is 84.7 Å². The maximum Gasteiger partial charge on any atom is 0.273 e. The molecule has 3 aromatic rings. The Balaban J connectivity index is 1.71. The summed E-state index contributed by atoms with van der Waals surface area (Å²) in [6, 6.07) is 10.5. The summed E-state index contributed by atoms with van der Waals surface area (Å²) in [5, 5.41) is 6.03. The van der Waals surface area contributed by atoms with Crippen LogP contribution < -0.4 is 10.9 Å². The number of imidazole rings is 1. The molecule has 0 fully saturated rings. The van der Waals surface area contributed by atoms with Crippen molar-refractivity contribution < 1.29 is 4.79 Å². The summed E-state index contributed by atoms with van der Waals surface area (Å²) in [5.74, 6) is 0.158. The van der Waals surface area contributed by atoms with E-state index in [-0.39, 0.29) is 16.7 Å². The van der Waals surface area contributed by atoms with Crippen molar-refractivity contribution in [2.45, 2.75) is 17.3 Å². The molecule has 2 N–H and O–H groups in total. The van der Waals surface area contributed by atoms with Crippen molar-refractivity contribution in [1.29, 1.82) is 0 Å². The maximum absolute atomic E-state index is 12.3. The second-order valence-corrected chi connectivity index (χ2v) is 6.56. The van der Waals surface area contributed by atoms with Crippen LogP contribution in [0.2, 0.25) is 0 Å². The number of anilines is 1. The lowest BCUT2D eigenvalue weighted by Crippen LogP contribution is -2.23. The Bertz CT molecular complexity index is 897. The van der Waals surface area contributed by atoms with Crippen LogP contribution in [0.15, 0.2) is 58.7 Å². The van der Waals surface area contributed by atoms with E-state index in [4.69, 9.17) is 0 Å². The molecule has 24 heavy (non-hydrogen) atoms. The first-order valence-corrected chi connectivity index (χ1v) is 8.25. The minimum atomic E-state index is -0.352. The molecule has 1 amide bonds. The Morgan fingerprint density at radius 1 is 1.33 bits per heavy atom. The van der Waals surface area contributed by atoms with Gasteiger partial charge in [0.25, 0.3) is 5.56 Å². The van der Waals surface area contributed by atoms with E-state index in [9.17, 15) is 9.59 Å². The number of aryl methyl sites for hydroxylation is 1. The third kappa shape index (κ3) is 3.43. The van der Waals surface area contributed by atoms with Gasteiger partial charge in [-0.15, -0.1) is 0 Å². The van der Waals surface area contributed by atoms with Crippen LogP contribution >= 0.6 is 11.8 Å². The summed E-state index contributed by atoms with van der Waals surface area (Å²) in [7, 11) is 1.87. The predicted molar refractivity (Wildman–Crippen MR) is 93.5 cm³/mol. The molecule has 2 aromatic heterocycles. The fraction of sp³-hybridized carbons (Fsp3) is 0.188. The quantitative estimate of drug-likeness (QED) is 0.694. The Morgan fingerprint density at radius 3 is 2.75 bits per heavy atom. The number of hydrogen-bond acceptors (Lipinski definition) is 4. The summed E-state index contributed by atoms with van der Waals surface area (Å²) in [6.45, 7) is 1.79. The van der Waals surface area contributed by atoms with E-state index >= 15 is 0 Å². The van der Waals surface area contributed by atoms with Crippen molar-refractivity contribution >= 4 is 23.5 Å². The molecule has 0 radical (unpaired) electrons. The smallest absolute Gasteiger partial charge is 0.273 e. The van der Waals surface area contributed by atoms with Gasteiger partial charge in [-0.25, -0.2) is 9.67 Å². The Labute approximate surface area is 142 Å². The zero-order chi connectivity index (χ0) is 17.1. The molecule has 124 valence electrons. The molecule has 0 bridgehead atoms. The monoisotopic (exact) mass is 343 g/mol. The lowest BCUT2D eigenvalue weighted by atomic mass is 10.3. The standard InChI is InChI=1S/C16H17N5O2S/c1-11(24-16-17-8-9-20(16)2)15(23)18-13-10-14(22)21(19-13)12-6-4-3-5-7-12/h3-11,19H,1-2H3,(H,18,23). The molecule has 0 aliphatic rings. The molecule has 1 aromatic carbocycles. The number of amides is 1. The normalized spacial score (nSPS) is 12.1. The molecular formula is C16H17N5O2S. The van der Waals surface area contributed by atoms with E-state index < -0.39 is 0 Å². The molecule has 7 nitrogen and oxygen atoms in total. The molecule has 0 saturated heterocycles. The second-order valence-electron chi connectivity index (χ2n) is 5.25. The largest absolute Gasteiger partial charge is 0.329 e. The first-order valence-electron chi connectivity index (χ1n) is 7.37. The molecule has 8 heteroatoms. The predicted octanol–water partition coefficient (Wildman–Crippen LogP) is 2.02. The van der Waals surface area contributed by atoms with Crippen LogP contribution in [0.5, 0.6) is 0 Å². The van der Waals surface area contributed by atoms with Gasteiger partial charge in [0.2, 0.25) is 5.91 Å². The van der Waals surface area contributed by atoms with E-state index in [2.05, 4.69) is 15.4 Å². The number of carbonyl (C=O) groups is 1. The van der Waals surface area contributed by atoms with Gasteiger partial charge in [0.05, 0.1) is 10.9 Å². The zero-order valence-electron chi connectivity index (χ0n) is 13.3. The molecule has 3 rings (SSSR count). The molecule has 0 aliphatic carbocycles. The van der Waals surface area contributed by atoms with Gasteiger partial charge < -0.3 is 9.88 Å². The number of rotatable bonds is 5. The fourth-order valence-corrected chi connectivity index (χ4v) is 2.97. The zero-order valence-corrected chi connectivity index (χ0v) is 14.1. The van der Waals surface area contributed by atoms with Crippen LogP contribution in [0, 0.1) is 0 Å². The number of aromatic amines is 1. The van der Waals surface area contributed by atoms with Gasteiger partial charge in [0.15, 0.2) is 5.16 Å².